The highest BCUT2D eigenvalue weighted by Crippen LogP contribution is 2.24. The summed E-state index contributed by atoms with van der Waals surface area (Å²) in [7, 11) is 0. The Bertz CT molecular complexity index is 1160. The molecule has 0 aliphatic rings. The van der Waals surface area contributed by atoms with E-state index < -0.39 is 23.9 Å². The summed E-state index contributed by atoms with van der Waals surface area (Å²) in [5, 5.41) is 3.98. The summed E-state index contributed by atoms with van der Waals surface area (Å²) in [5.74, 6) is -0.601. The van der Waals surface area contributed by atoms with Crippen molar-refractivity contribution >= 4 is 29.2 Å². The fraction of sp³-hybridized carbons (Fsp3) is 0.0952. The van der Waals surface area contributed by atoms with Gasteiger partial charge in [0.15, 0.2) is 5.75 Å². The topological polar surface area (TPSA) is 102 Å². The number of carbonyl (C=O) groups excluding carboxylic acids is 2. The largest absolute Gasteiger partial charge is 0.484 e. The number of aromatic nitrogens is 1. The van der Waals surface area contributed by atoms with E-state index in [1.54, 1.807) is 25.1 Å². The molecule has 12 heteroatoms. The predicted octanol–water partition coefficient (Wildman–Crippen LogP) is 5.20. The van der Waals surface area contributed by atoms with Gasteiger partial charge in [0, 0.05) is 23.0 Å². The lowest BCUT2D eigenvalue weighted by Gasteiger charge is -2.11. The third kappa shape index (κ3) is 7.28. The standard InChI is InChI=1S/C21H16ClF3N4O4/c1-12-10-16(6-7-17(12)22)33-29-20(31)27-13-2-4-14(5-3-13)32-15-8-9-26-18(11-15)19(30)28-21(23,24)25/h2-11H,1H3,(H,28,30)(H2,27,29,31). The molecule has 0 saturated heterocycles. The molecule has 2 aromatic carbocycles. The number of hydroxylamine groups is 1. The van der Waals surface area contributed by atoms with Crippen molar-refractivity contribution in [2.24, 2.45) is 0 Å². The number of pyridine rings is 1. The van der Waals surface area contributed by atoms with Crippen LogP contribution in [0.4, 0.5) is 23.7 Å². The minimum atomic E-state index is -4.87. The maximum Gasteiger partial charge on any atom is 0.484 e. The summed E-state index contributed by atoms with van der Waals surface area (Å²) in [5.41, 5.74) is 2.97. The molecule has 33 heavy (non-hydrogen) atoms. The van der Waals surface area contributed by atoms with E-state index >= 15 is 0 Å². The number of halogens is 4. The van der Waals surface area contributed by atoms with Crippen LogP contribution in [0.1, 0.15) is 16.1 Å². The van der Waals surface area contributed by atoms with Crippen LogP contribution in [0, 0.1) is 6.92 Å². The van der Waals surface area contributed by atoms with Crippen LogP contribution in [-0.2, 0) is 0 Å². The number of ether oxygens (including phenoxy) is 1. The molecule has 0 aliphatic carbocycles. The molecule has 3 rings (SSSR count). The summed E-state index contributed by atoms with van der Waals surface area (Å²) >= 11 is 5.93. The number of hydrogen-bond acceptors (Lipinski definition) is 5. The van der Waals surface area contributed by atoms with Crippen LogP contribution in [0.2, 0.25) is 5.02 Å². The van der Waals surface area contributed by atoms with Crippen LogP contribution in [-0.4, -0.2) is 23.2 Å². The normalized spacial score (nSPS) is 10.8. The Labute approximate surface area is 190 Å². The number of aryl methyl sites for hydroxylation is 1. The van der Waals surface area contributed by atoms with Gasteiger partial charge in [0.05, 0.1) is 0 Å². The Morgan fingerprint density at radius 3 is 2.33 bits per heavy atom. The third-order valence-electron chi connectivity index (χ3n) is 3.96. The molecule has 0 radical (unpaired) electrons. The highest BCUT2D eigenvalue weighted by atomic mass is 35.5. The van der Waals surface area contributed by atoms with E-state index in [0.29, 0.717) is 22.2 Å². The predicted molar refractivity (Wildman–Crippen MR) is 113 cm³/mol. The minimum absolute atomic E-state index is 0.0995. The van der Waals surface area contributed by atoms with Gasteiger partial charge in [-0.05, 0) is 61.0 Å². The average molecular weight is 481 g/mol. The second kappa shape index (κ2) is 10.1. The number of nitrogens with zero attached hydrogens (tertiary/aromatic N) is 1. The molecule has 3 aromatic rings. The Morgan fingerprint density at radius 1 is 0.970 bits per heavy atom. The molecule has 0 unspecified atom stereocenters. The molecular formula is C21H16ClF3N4O4. The van der Waals surface area contributed by atoms with Crippen molar-refractivity contribution in [3.63, 3.8) is 0 Å². The summed E-state index contributed by atoms with van der Waals surface area (Å²) in [4.78, 5) is 32.3. The van der Waals surface area contributed by atoms with Crippen LogP contribution in [0.25, 0.3) is 0 Å². The number of hydrogen-bond donors (Lipinski definition) is 3. The number of urea groups is 1. The van der Waals surface area contributed by atoms with E-state index in [0.717, 1.165) is 23.1 Å². The smallest absolute Gasteiger partial charge is 0.457 e. The van der Waals surface area contributed by atoms with E-state index in [1.165, 1.54) is 30.3 Å². The molecule has 1 aromatic heterocycles. The molecule has 0 fully saturated rings. The van der Waals surface area contributed by atoms with Gasteiger partial charge in [0.2, 0.25) is 0 Å². The maximum absolute atomic E-state index is 12.3. The van der Waals surface area contributed by atoms with Crippen LogP contribution in [0.3, 0.4) is 0 Å². The molecule has 0 saturated carbocycles. The van der Waals surface area contributed by atoms with Crippen LogP contribution >= 0.6 is 11.6 Å². The SMILES string of the molecule is Cc1cc(ONC(=O)Nc2ccc(Oc3ccnc(C(=O)NC(F)(F)F)c3)cc2)ccc1Cl. The third-order valence-corrected chi connectivity index (χ3v) is 4.38. The molecule has 0 bridgehead atoms. The molecule has 0 atom stereocenters. The van der Waals surface area contributed by atoms with Crippen molar-refractivity contribution in [3.05, 3.63) is 77.1 Å². The van der Waals surface area contributed by atoms with Gasteiger partial charge >= 0.3 is 12.3 Å². The van der Waals surface area contributed by atoms with Crippen LogP contribution in [0.15, 0.2) is 60.8 Å². The number of rotatable bonds is 6. The molecule has 3 N–H and O–H groups in total. The second-order valence-corrected chi connectivity index (χ2v) is 6.93. The minimum Gasteiger partial charge on any atom is -0.457 e. The maximum atomic E-state index is 12.3. The highest BCUT2D eigenvalue weighted by Gasteiger charge is 2.31. The van der Waals surface area contributed by atoms with Crippen molar-refractivity contribution in [1.29, 1.82) is 0 Å². The molecule has 3 amide bonds. The first-order valence-corrected chi connectivity index (χ1v) is 9.60. The van der Waals surface area contributed by atoms with Crippen molar-refractivity contribution < 1.29 is 32.3 Å². The van der Waals surface area contributed by atoms with Crippen LogP contribution in [0.5, 0.6) is 17.2 Å². The van der Waals surface area contributed by atoms with Gasteiger partial charge in [0.1, 0.15) is 17.2 Å². The number of alkyl halides is 3. The number of nitrogens with one attached hydrogen (secondary N) is 3. The zero-order valence-corrected chi connectivity index (χ0v) is 17.6. The van der Waals surface area contributed by atoms with E-state index in [-0.39, 0.29) is 5.75 Å². The van der Waals surface area contributed by atoms with Crippen molar-refractivity contribution in [1.82, 2.24) is 15.8 Å². The molecule has 0 spiro atoms. The Balaban J connectivity index is 1.54. The summed E-state index contributed by atoms with van der Waals surface area (Å²) in [6.45, 7) is 1.79. The fourth-order valence-corrected chi connectivity index (χ4v) is 2.59. The quantitative estimate of drug-likeness (QED) is 0.332. The lowest BCUT2D eigenvalue weighted by Crippen LogP contribution is -2.37. The first kappa shape index (κ1) is 23.7. The number of benzene rings is 2. The summed E-state index contributed by atoms with van der Waals surface area (Å²) in [6, 6.07) is 12.8. The number of carbonyl (C=O) groups is 2. The average Bonchev–Trinajstić information content (AvgIpc) is 2.75. The lowest BCUT2D eigenvalue weighted by atomic mass is 10.2. The molecular weight excluding hydrogens is 465 g/mol. The first-order valence-electron chi connectivity index (χ1n) is 9.22. The van der Waals surface area contributed by atoms with Crippen molar-refractivity contribution in [2.75, 3.05) is 5.32 Å². The van der Waals surface area contributed by atoms with E-state index in [1.807, 2.05) is 0 Å². The van der Waals surface area contributed by atoms with Crippen molar-refractivity contribution in [3.8, 4) is 17.2 Å². The summed E-state index contributed by atoms with van der Waals surface area (Å²) < 4.78 is 42.4. The molecule has 0 aliphatic heterocycles. The second-order valence-electron chi connectivity index (χ2n) is 6.52. The summed E-state index contributed by atoms with van der Waals surface area (Å²) in [6.07, 6.45) is -3.73. The number of amides is 3. The Morgan fingerprint density at radius 2 is 1.67 bits per heavy atom. The van der Waals surface area contributed by atoms with Gasteiger partial charge in [-0.3, -0.25) is 15.1 Å². The zero-order chi connectivity index (χ0) is 24.0. The van der Waals surface area contributed by atoms with Crippen molar-refractivity contribution in [2.45, 2.75) is 13.2 Å². The number of anilines is 1. The van der Waals surface area contributed by atoms with E-state index in [9.17, 15) is 22.8 Å². The molecule has 1 heterocycles. The monoisotopic (exact) mass is 480 g/mol. The van der Waals surface area contributed by atoms with Gasteiger partial charge < -0.3 is 14.9 Å². The molecule has 8 nitrogen and oxygen atoms in total. The van der Waals surface area contributed by atoms with E-state index in [2.05, 4.69) is 15.8 Å². The fourth-order valence-electron chi connectivity index (χ4n) is 2.48. The molecule has 172 valence electrons. The van der Waals surface area contributed by atoms with Gasteiger partial charge in [-0.25, -0.2) is 4.79 Å². The zero-order valence-electron chi connectivity index (χ0n) is 16.9. The lowest BCUT2D eigenvalue weighted by molar-refractivity contribution is -0.146. The van der Waals surface area contributed by atoms with Gasteiger partial charge in [-0.2, -0.15) is 18.7 Å². The Kier molecular flexibility index (Phi) is 7.23. The van der Waals surface area contributed by atoms with Gasteiger partial charge in [0.25, 0.3) is 5.91 Å². The van der Waals surface area contributed by atoms with Gasteiger partial charge in [-0.1, -0.05) is 11.6 Å². The first-order chi connectivity index (χ1) is 15.6. The van der Waals surface area contributed by atoms with E-state index in [4.69, 9.17) is 21.2 Å². The van der Waals surface area contributed by atoms with Gasteiger partial charge in [-0.15, -0.1) is 0 Å². The Hall–Kier alpha value is -3.99. The highest BCUT2D eigenvalue weighted by molar-refractivity contribution is 6.31. The van der Waals surface area contributed by atoms with Crippen LogP contribution < -0.4 is 25.7 Å².